The highest BCUT2D eigenvalue weighted by Crippen LogP contribution is 2.55. The molecule has 0 aliphatic rings. The third kappa shape index (κ3) is 7.09. The molecule has 0 amide bonds. The average Bonchev–Trinajstić information content (AvgIpc) is 1.30. The summed E-state index contributed by atoms with van der Waals surface area (Å²) in [6, 6.07) is 0. The maximum absolute atomic E-state index is 4.85. The van der Waals surface area contributed by atoms with E-state index in [0.717, 1.165) is 6.16 Å². The summed E-state index contributed by atoms with van der Waals surface area (Å²) in [5.41, 5.74) is 0. The predicted octanol–water partition coefficient (Wildman–Crippen LogP) is 2.34. The van der Waals surface area contributed by atoms with Gasteiger partial charge in [0.1, 0.15) is 0 Å². The Morgan fingerprint density at radius 3 is 2.14 bits per heavy atom. The van der Waals surface area contributed by atoms with Crippen LogP contribution in [0.2, 0.25) is 0 Å². The van der Waals surface area contributed by atoms with Crippen LogP contribution >= 0.6 is 28.9 Å². The van der Waals surface area contributed by atoms with Crippen LogP contribution in [-0.2, 0) is 11.8 Å². The van der Waals surface area contributed by atoms with Crippen molar-refractivity contribution < 1.29 is 0 Å². The summed E-state index contributed by atoms with van der Waals surface area (Å²) >= 11 is 13.0. The molecule has 0 unspecified atom stereocenters. The number of hydrogen-bond acceptors (Lipinski definition) is 1. The van der Waals surface area contributed by atoms with Gasteiger partial charge < -0.3 is 0 Å². The SMILES string of the molecule is C=CCP(=S)(S)S. The summed E-state index contributed by atoms with van der Waals surface area (Å²) in [7, 11) is 0. The van der Waals surface area contributed by atoms with Crippen molar-refractivity contribution in [3.8, 4) is 0 Å². The van der Waals surface area contributed by atoms with Gasteiger partial charge in [0.05, 0.1) is 4.44 Å². The topological polar surface area (TPSA) is 0 Å². The maximum atomic E-state index is 4.85. The highest BCUT2D eigenvalue weighted by Gasteiger charge is 1.97. The molecule has 0 spiro atoms. The summed E-state index contributed by atoms with van der Waals surface area (Å²) in [5.74, 6) is 0. The quantitative estimate of drug-likeness (QED) is 0.364. The Morgan fingerprint density at radius 1 is 1.71 bits per heavy atom. The molecule has 0 nitrogen and oxygen atoms in total. The van der Waals surface area contributed by atoms with Crippen molar-refractivity contribution in [3.05, 3.63) is 12.7 Å². The van der Waals surface area contributed by atoms with E-state index in [0.29, 0.717) is 0 Å². The highest BCUT2D eigenvalue weighted by molar-refractivity contribution is 8.92. The third-order valence-electron chi connectivity index (χ3n) is 0.367. The van der Waals surface area contributed by atoms with Crippen LogP contribution in [0, 0.1) is 0 Å². The molecule has 4 heteroatoms. The molecule has 0 aromatic carbocycles. The first-order valence-corrected chi connectivity index (χ1v) is 7.01. The molecule has 0 atom stereocenters. The zero-order chi connectivity index (χ0) is 5.91. The van der Waals surface area contributed by atoms with E-state index in [1.165, 1.54) is 0 Å². The zero-order valence-electron chi connectivity index (χ0n) is 3.74. The molecule has 0 aliphatic heterocycles. The van der Waals surface area contributed by atoms with Gasteiger partial charge in [0.25, 0.3) is 0 Å². The van der Waals surface area contributed by atoms with Crippen molar-refractivity contribution in [1.82, 2.24) is 0 Å². The van der Waals surface area contributed by atoms with Crippen molar-refractivity contribution in [3.63, 3.8) is 0 Å². The monoisotopic (exact) mass is 170 g/mol. The maximum Gasteiger partial charge on any atom is 0.0549 e. The first-order valence-electron chi connectivity index (χ1n) is 1.72. The Labute approximate surface area is 59.7 Å². The largest absolute Gasteiger partial charge is 0.131 e. The average molecular weight is 170 g/mol. The van der Waals surface area contributed by atoms with E-state index < -0.39 is 4.44 Å². The number of hydrogen-bond donors (Lipinski definition) is 2. The molecule has 0 aromatic heterocycles. The van der Waals surface area contributed by atoms with Gasteiger partial charge in [-0.25, -0.2) is 0 Å². The molecular weight excluding hydrogens is 163 g/mol. The Kier molecular flexibility index (Phi) is 3.68. The van der Waals surface area contributed by atoms with Crippen LogP contribution in [-0.4, -0.2) is 6.16 Å². The molecule has 0 radical (unpaired) electrons. The Hall–Kier alpha value is 1.09. The fourth-order valence-electron chi connectivity index (χ4n) is 0.168. The number of rotatable bonds is 2. The number of thiol groups is 2. The second kappa shape index (κ2) is 3.18. The van der Waals surface area contributed by atoms with Crippen LogP contribution in [0.1, 0.15) is 0 Å². The molecule has 0 N–H and O–H groups in total. The fraction of sp³-hybridized carbons (Fsp3) is 0.333. The lowest BCUT2D eigenvalue weighted by Crippen LogP contribution is -1.63. The standard InChI is InChI=1S/C3H7PS3/c1-2-3-4(5,6)7/h2H,1,3H2,(H2,5,6,7). The van der Waals surface area contributed by atoms with Gasteiger partial charge in [-0.3, -0.25) is 0 Å². The smallest absolute Gasteiger partial charge is 0.0549 e. The Balaban J connectivity index is 3.57. The normalized spacial score (nSPS) is 11.1. The molecule has 0 aromatic rings. The minimum Gasteiger partial charge on any atom is -0.131 e. The van der Waals surface area contributed by atoms with Crippen LogP contribution in [0.3, 0.4) is 0 Å². The van der Waals surface area contributed by atoms with Crippen molar-refractivity contribution in [2.45, 2.75) is 0 Å². The Morgan fingerprint density at radius 2 is 2.14 bits per heavy atom. The van der Waals surface area contributed by atoms with E-state index in [-0.39, 0.29) is 0 Å². The summed E-state index contributed by atoms with van der Waals surface area (Å²) in [5, 5.41) is 0. The van der Waals surface area contributed by atoms with Gasteiger partial charge in [-0.1, -0.05) is 17.9 Å². The van der Waals surface area contributed by atoms with Crippen molar-refractivity contribution in [1.29, 1.82) is 0 Å². The van der Waals surface area contributed by atoms with Gasteiger partial charge in [-0.15, -0.1) is 31.1 Å². The van der Waals surface area contributed by atoms with Gasteiger partial charge in [-0.2, -0.15) is 0 Å². The van der Waals surface area contributed by atoms with E-state index in [4.69, 9.17) is 11.8 Å². The van der Waals surface area contributed by atoms with E-state index >= 15 is 0 Å². The lowest BCUT2D eigenvalue weighted by atomic mass is 10.8. The summed E-state index contributed by atoms with van der Waals surface area (Å²) in [6.07, 6.45) is 2.51. The predicted molar refractivity (Wildman–Crippen MR) is 47.3 cm³/mol. The van der Waals surface area contributed by atoms with Gasteiger partial charge in [0, 0.05) is 6.16 Å². The lowest BCUT2D eigenvalue weighted by molar-refractivity contribution is 1.82. The highest BCUT2D eigenvalue weighted by atomic mass is 33.2. The van der Waals surface area contributed by atoms with E-state index in [2.05, 4.69) is 31.1 Å². The van der Waals surface area contributed by atoms with Crippen LogP contribution in [0.4, 0.5) is 0 Å². The molecule has 0 rings (SSSR count). The van der Waals surface area contributed by atoms with Crippen LogP contribution < -0.4 is 0 Å². The zero-order valence-corrected chi connectivity index (χ0v) is 7.24. The third-order valence-corrected chi connectivity index (χ3v) is 2.53. The molecule has 7 heavy (non-hydrogen) atoms. The van der Waals surface area contributed by atoms with Gasteiger partial charge in [0.2, 0.25) is 0 Å². The summed E-state index contributed by atoms with van der Waals surface area (Å²) in [4.78, 5) is 0. The minimum absolute atomic E-state index is 0.758. The van der Waals surface area contributed by atoms with Gasteiger partial charge in [-0.05, 0) is 0 Å². The van der Waals surface area contributed by atoms with Crippen molar-refractivity contribution in [2.75, 3.05) is 6.16 Å². The summed E-state index contributed by atoms with van der Waals surface area (Å²) < 4.78 is -1.56. The van der Waals surface area contributed by atoms with Crippen LogP contribution in [0.25, 0.3) is 0 Å². The van der Waals surface area contributed by atoms with Gasteiger partial charge in [0.15, 0.2) is 0 Å². The first-order chi connectivity index (χ1) is 3.06. The minimum atomic E-state index is -1.56. The van der Waals surface area contributed by atoms with Crippen LogP contribution in [0.5, 0.6) is 0 Å². The Bertz CT molecular complexity index is 103. The first kappa shape index (κ1) is 8.09. The molecule has 0 fully saturated rings. The van der Waals surface area contributed by atoms with E-state index in [1.807, 2.05) is 0 Å². The van der Waals surface area contributed by atoms with Gasteiger partial charge >= 0.3 is 0 Å². The molecule has 0 saturated carbocycles. The number of allylic oxidation sites excluding steroid dienone is 1. The molecule has 0 bridgehead atoms. The van der Waals surface area contributed by atoms with E-state index in [1.54, 1.807) is 6.08 Å². The van der Waals surface area contributed by atoms with Crippen molar-refractivity contribution in [2.24, 2.45) is 0 Å². The van der Waals surface area contributed by atoms with E-state index in [9.17, 15) is 0 Å². The molecule has 0 heterocycles. The fourth-order valence-corrected chi connectivity index (χ4v) is 1.51. The van der Waals surface area contributed by atoms with Crippen LogP contribution in [0.15, 0.2) is 12.7 Å². The summed E-state index contributed by atoms with van der Waals surface area (Å²) in [6.45, 7) is 3.51. The van der Waals surface area contributed by atoms with Crippen molar-refractivity contribution >= 4 is 40.7 Å². The molecule has 42 valence electrons. The molecule has 0 saturated heterocycles. The second-order valence-corrected chi connectivity index (χ2v) is 11.4. The second-order valence-electron chi connectivity index (χ2n) is 1.14. The lowest BCUT2D eigenvalue weighted by Gasteiger charge is -1.99. The molecule has 0 aliphatic carbocycles. The molecular formula is C3H7PS3.